The van der Waals surface area contributed by atoms with Crippen LogP contribution in [0.25, 0.3) is 12.2 Å². The third-order valence-corrected chi connectivity index (χ3v) is 2.15. The van der Waals surface area contributed by atoms with Gasteiger partial charge in [-0.2, -0.15) is 0 Å². The van der Waals surface area contributed by atoms with E-state index in [9.17, 15) is 4.79 Å². The van der Waals surface area contributed by atoms with Gasteiger partial charge in [0.15, 0.2) is 5.43 Å². The number of hydrogen-bond donors (Lipinski definition) is 0. The number of pyridine rings is 1. The van der Waals surface area contributed by atoms with E-state index in [4.69, 9.17) is 0 Å². The van der Waals surface area contributed by atoms with E-state index >= 15 is 0 Å². The van der Waals surface area contributed by atoms with E-state index in [0.717, 1.165) is 5.69 Å². The molecule has 0 N–H and O–H groups in total. The molecule has 0 aliphatic heterocycles. The summed E-state index contributed by atoms with van der Waals surface area (Å²) >= 11 is 0. The van der Waals surface area contributed by atoms with Crippen LogP contribution in [-0.4, -0.2) is 4.98 Å². The molecule has 0 unspecified atom stereocenters. The monoisotopic (exact) mass is 209 g/mol. The fraction of sp³-hybridized carbons (Fsp3) is 0. The first-order valence-electron chi connectivity index (χ1n) is 5.05. The first-order chi connectivity index (χ1) is 7.86. The van der Waals surface area contributed by atoms with Crippen molar-refractivity contribution in [2.24, 2.45) is 0 Å². The Morgan fingerprint density at radius 1 is 0.875 bits per heavy atom. The summed E-state index contributed by atoms with van der Waals surface area (Å²) < 4.78 is 0. The number of aromatic nitrogens is 1. The molecule has 0 bridgehead atoms. The van der Waals surface area contributed by atoms with Gasteiger partial charge < -0.3 is 0 Å². The highest BCUT2D eigenvalue weighted by Crippen LogP contribution is 2.01. The SMILES string of the molecule is O=c1cccccc1/C=C/c1ccccn1. The maximum absolute atomic E-state index is 11.6. The molecule has 0 saturated carbocycles. The number of rotatable bonds is 2. The highest BCUT2D eigenvalue weighted by molar-refractivity contribution is 5.67. The van der Waals surface area contributed by atoms with Crippen LogP contribution in [-0.2, 0) is 0 Å². The Hall–Kier alpha value is -2.22. The molecule has 0 saturated heterocycles. The molecule has 0 spiro atoms. The van der Waals surface area contributed by atoms with Crippen LogP contribution in [0.5, 0.6) is 0 Å². The zero-order chi connectivity index (χ0) is 11.2. The second-order valence-corrected chi connectivity index (χ2v) is 3.32. The summed E-state index contributed by atoms with van der Waals surface area (Å²) in [5.74, 6) is 0. The molecule has 0 radical (unpaired) electrons. The molecule has 0 aliphatic rings. The summed E-state index contributed by atoms with van der Waals surface area (Å²) in [6.07, 6.45) is 5.34. The summed E-state index contributed by atoms with van der Waals surface area (Å²) in [6.45, 7) is 0. The molecule has 2 nitrogen and oxygen atoms in total. The van der Waals surface area contributed by atoms with Gasteiger partial charge in [-0.05, 0) is 30.4 Å². The lowest BCUT2D eigenvalue weighted by atomic mass is 10.2. The molecule has 2 heteroatoms. The third-order valence-electron chi connectivity index (χ3n) is 2.15. The molecule has 16 heavy (non-hydrogen) atoms. The largest absolute Gasteiger partial charge is 0.289 e. The van der Waals surface area contributed by atoms with Crippen molar-refractivity contribution in [1.29, 1.82) is 0 Å². The molecule has 2 aromatic rings. The van der Waals surface area contributed by atoms with Gasteiger partial charge in [-0.3, -0.25) is 9.78 Å². The molecular weight excluding hydrogens is 198 g/mol. The smallest absolute Gasteiger partial charge is 0.185 e. The molecule has 0 fully saturated rings. The number of hydrogen-bond acceptors (Lipinski definition) is 2. The standard InChI is InChI=1S/C14H11NO/c16-14-8-3-1-2-6-12(14)9-10-13-7-4-5-11-15-13/h1-11H/b10-9+. The first-order valence-corrected chi connectivity index (χ1v) is 5.05. The van der Waals surface area contributed by atoms with Gasteiger partial charge >= 0.3 is 0 Å². The first kappa shape index (κ1) is 10.3. The van der Waals surface area contributed by atoms with Gasteiger partial charge in [0, 0.05) is 11.8 Å². The highest BCUT2D eigenvalue weighted by Gasteiger charge is 1.90. The lowest BCUT2D eigenvalue weighted by molar-refractivity contribution is 1.30. The quantitative estimate of drug-likeness (QED) is 0.761. The Bertz CT molecular complexity index is 547. The van der Waals surface area contributed by atoms with Crippen molar-refractivity contribution in [3.8, 4) is 0 Å². The van der Waals surface area contributed by atoms with Crippen molar-refractivity contribution in [2.45, 2.75) is 0 Å². The summed E-state index contributed by atoms with van der Waals surface area (Å²) in [6, 6.07) is 14.4. The van der Waals surface area contributed by atoms with Gasteiger partial charge in [-0.25, -0.2) is 0 Å². The van der Waals surface area contributed by atoms with Gasteiger partial charge in [0.1, 0.15) is 0 Å². The summed E-state index contributed by atoms with van der Waals surface area (Å²) in [7, 11) is 0. The van der Waals surface area contributed by atoms with Crippen molar-refractivity contribution < 1.29 is 0 Å². The molecule has 0 amide bonds. The second-order valence-electron chi connectivity index (χ2n) is 3.32. The van der Waals surface area contributed by atoms with E-state index in [1.807, 2.05) is 36.4 Å². The van der Waals surface area contributed by atoms with Crippen LogP contribution in [0, 0.1) is 0 Å². The van der Waals surface area contributed by atoms with Crippen LogP contribution in [0.4, 0.5) is 0 Å². The maximum Gasteiger partial charge on any atom is 0.185 e. The fourth-order valence-corrected chi connectivity index (χ4v) is 1.33. The topological polar surface area (TPSA) is 30.0 Å². The van der Waals surface area contributed by atoms with Gasteiger partial charge in [-0.15, -0.1) is 0 Å². The van der Waals surface area contributed by atoms with Crippen molar-refractivity contribution in [2.75, 3.05) is 0 Å². The average Bonchev–Trinajstić information content (AvgIpc) is 2.53. The van der Waals surface area contributed by atoms with Crippen LogP contribution >= 0.6 is 0 Å². The minimum atomic E-state index is 0.0113. The molecule has 0 aliphatic carbocycles. The maximum atomic E-state index is 11.6. The van der Waals surface area contributed by atoms with Crippen LogP contribution in [0.15, 0.2) is 59.5 Å². The van der Waals surface area contributed by atoms with Gasteiger partial charge in [0.2, 0.25) is 0 Å². The van der Waals surface area contributed by atoms with E-state index in [2.05, 4.69) is 4.98 Å². The van der Waals surface area contributed by atoms with Crippen LogP contribution in [0.2, 0.25) is 0 Å². The van der Waals surface area contributed by atoms with Crippen molar-refractivity contribution in [3.05, 3.63) is 76.2 Å². The van der Waals surface area contributed by atoms with Gasteiger partial charge in [0.05, 0.1) is 5.69 Å². The van der Waals surface area contributed by atoms with Gasteiger partial charge in [0.25, 0.3) is 0 Å². The second kappa shape index (κ2) is 5.03. The minimum absolute atomic E-state index is 0.0113. The van der Waals surface area contributed by atoms with Crippen LogP contribution in [0.1, 0.15) is 11.3 Å². The Kier molecular flexibility index (Phi) is 3.24. The van der Waals surface area contributed by atoms with Crippen LogP contribution < -0.4 is 5.43 Å². The molecule has 78 valence electrons. The Balaban J connectivity index is 2.32. The van der Waals surface area contributed by atoms with E-state index in [1.165, 1.54) is 0 Å². The van der Waals surface area contributed by atoms with E-state index in [-0.39, 0.29) is 5.43 Å². The lowest BCUT2D eigenvalue weighted by Crippen LogP contribution is -1.97. The zero-order valence-electron chi connectivity index (χ0n) is 8.71. The average molecular weight is 209 g/mol. The molecule has 1 heterocycles. The fourth-order valence-electron chi connectivity index (χ4n) is 1.33. The zero-order valence-corrected chi connectivity index (χ0v) is 8.71. The summed E-state index contributed by atoms with van der Waals surface area (Å²) in [4.78, 5) is 15.7. The molecule has 0 atom stereocenters. The van der Waals surface area contributed by atoms with Crippen LogP contribution in [0.3, 0.4) is 0 Å². The Morgan fingerprint density at radius 2 is 1.69 bits per heavy atom. The van der Waals surface area contributed by atoms with E-state index in [1.54, 1.807) is 30.5 Å². The summed E-state index contributed by atoms with van der Waals surface area (Å²) in [5, 5.41) is 0. The third kappa shape index (κ3) is 2.64. The van der Waals surface area contributed by atoms with E-state index in [0.29, 0.717) is 5.56 Å². The molecule has 2 rings (SSSR count). The molecule has 1 aromatic heterocycles. The lowest BCUT2D eigenvalue weighted by Gasteiger charge is -1.89. The van der Waals surface area contributed by atoms with Gasteiger partial charge in [-0.1, -0.05) is 30.3 Å². The highest BCUT2D eigenvalue weighted by atomic mass is 16.1. The Morgan fingerprint density at radius 3 is 2.50 bits per heavy atom. The van der Waals surface area contributed by atoms with Crippen molar-refractivity contribution in [3.63, 3.8) is 0 Å². The van der Waals surface area contributed by atoms with Crippen molar-refractivity contribution >= 4 is 12.2 Å². The predicted octanol–water partition coefficient (Wildman–Crippen LogP) is 2.61. The normalized spacial score (nSPS) is 10.5. The minimum Gasteiger partial charge on any atom is -0.289 e. The predicted molar refractivity (Wildman–Crippen MR) is 65.9 cm³/mol. The Labute approximate surface area is 93.9 Å². The van der Waals surface area contributed by atoms with Crippen molar-refractivity contribution in [1.82, 2.24) is 4.98 Å². The van der Waals surface area contributed by atoms with E-state index < -0.39 is 0 Å². The molecular formula is C14H11NO. The number of nitrogens with zero attached hydrogens (tertiary/aromatic N) is 1. The molecule has 1 aromatic carbocycles. The summed E-state index contributed by atoms with van der Waals surface area (Å²) in [5.41, 5.74) is 1.52.